The first-order chi connectivity index (χ1) is 18.3. The van der Waals surface area contributed by atoms with Crippen LogP contribution in [0.15, 0.2) is 77.0 Å². The molecule has 38 heavy (non-hydrogen) atoms. The summed E-state index contributed by atoms with van der Waals surface area (Å²) in [5.41, 5.74) is 12.9. The van der Waals surface area contributed by atoms with Crippen molar-refractivity contribution in [2.75, 3.05) is 5.32 Å². The molecule has 0 aromatic heterocycles. The minimum Gasteiger partial charge on any atom is -0.457 e. The number of anilines is 1. The molecule has 0 aliphatic heterocycles. The SMILES string of the molecule is CC1CCC(C(=O)Nc2cc(Oc3ccc(C(N)=NO)cc3)cc(Oc3ccc(C(N)=NO)cc3)c2)CC1. The lowest BCUT2D eigenvalue weighted by atomic mass is 9.82. The molecule has 0 atom stereocenters. The van der Waals surface area contributed by atoms with Crippen molar-refractivity contribution >= 4 is 23.3 Å². The monoisotopic (exact) mass is 517 g/mol. The van der Waals surface area contributed by atoms with Gasteiger partial charge in [0.25, 0.3) is 0 Å². The summed E-state index contributed by atoms with van der Waals surface area (Å²) in [4.78, 5) is 13.0. The van der Waals surface area contributed by atoms with Gasteiger partial charge in [-0.1, -0.05) is 17.2 Å². The van der Waals surface area contributed by atoms with Gasteiger partial charge in [0.15, 0.2) is 11.7 Å². The molecule has 3 aromatic rings. The predicted molar refractivity (Wildman–Crippen MR) is 144 cm³/mol. The number of benzene rings is 3. The Morgan fingerprint density at radius 3 is 1.63 bits per heavy atom. The van der Waals surface area contributed by atoms with Crippen LogP contribution in [0.3, 0.4) is 0 Å². The molecular weight excluding hydrogens is 486 g/mol. The number of nitrogens with two attached hydrogens (primary N) is 2. The van der Waals surface area contributed by atoms with Crippen molar-refractivity contribution in [3.8, 4) is 23.0 Å². The van der Waals surface area contributed by atoms with Crippen molar-refractivity contribution in [2.24, 2.45) is 33.6 Å². The highest BCUT2D eigenvalue weighted by molar-refractivity contribution is 5.97. The summed E-state index contributed by atoms with van der Waals surface area (Å²) in [7, 11) is 0. The maximum Gasteiger partial charge on any atom is 0.227 e. The molecule has 0 unspecified atom stereocenters. The lowest BCUT2D eigenvalue weighted by molar-refractivity contribution is -0.121. The van der Waals surface area contributed by atoms with Gasteiger partial charge in [-0.2, -0.15) is 0 Å². The largest absolute Gasteiger partial charge is 0.457 e. The molecule has 4 rings (SSSR count). The zero-order valence-electron chi connectivity index (χ0n) is 21.0. The van der Waals surface area contributed by atoms with E-state index in [9.17, 15) is 4.79 Å². The molecule has 10 nitrogen and oxygen atoms in total. The third-order valence-electron chi connectivity index (χ3n) is 6.52. The first-order valence-corrected chi connectivity index (χ1v) is 12.3. The van der Waals surface area contributed by atoms with Gasteiger partial charge >= 0.3 is 0 Å². The standard InChI is InChI=1S/C28H31N5O5/c1-17-2-4-20(5-3-17)28(34)31-21-14-24(37-22-10-6-18(7-11-22)26(29)32-35)16-25(15-21)38-23-12-8-19(9-13-23)27(30)33-36/h6-17,20,35-36H,2-5H2,1H3,(H2,29,32)(H2,30,33)(H,31,34). The van der Waals surface area contributed by atoms with Gasteiger partial charge in [0.05, 0.1) is 0 Å². The average molecular weight is 518 g/mol. The van der Waals surface area contributed by atoms with E-state index in [-0.39, 0.29) is 23.5 Å². The molecule has 10 heteroatoms. The Morgan fingerprint density at radius 2 is 1.21 bits per heavy atom. The van der Waals surface area contributed by atoms with Crippen molar-refractivity contribution in [1.82, 2.24) is 0 Å². The number of ether oxygens (including phenoxy) is 2. The number of amides is 1. The Hall–Kier alpha value is -4.73. The van der Waals surface area contributed by atoms with Crippen LogP contribution >= 0.6 is 0 Å². The Labute approximate surface area is 220 Å². The zero-order valence-corrected chi connectivity index (χ0v) is 21.0. The number of nitrogens with one attached hydrogen (secondary N) is 1. The Morgan fingerprint density at radius 1 is 0.763 bits per heavy atom. The number of amidine groups is 2. The van der Waals surface area contributed by atoms with Crippen LogP contribution in [0.4, 0.5) is 5.69 Å². The lowest BCUT2D eigenvalue weighted by Crippen LogP contribution is -2.26. The van der Waals surface area contributed by atoms with Gasteiger partial charge in [0, 0.05) is 40.9 Å². The molecular formula is C28H31N5O5. The topological polar surface area (TPSA) is 165 Å². The van der Waals surface area contributed by atoms with E-state index in [1.807, 2.05) is 0 Å². The molecule has 7 N–H and O–H groups in total. The molecule has 1 saturated carbocycles. The number of oxime groups is 2. The first kappa shape index (κ1) is 26.3. The van der Waals surface area contributed by atoms with Gasteiger partial charge in [-0.05, 0) is 80.1 Å². The van der Waals surface area contributed by atoms with E-state index >= 15 is 0 Å². The van der Waals surface area contributed by atoms with Crippen LogP contribution in [0.5, 0.6) is 23.0 Å². The first-order valence-electron chi connectivity index (χ1n) is 12.3. The molecule has 198 valence electrons. The van der Waals surface area contributed by atoms with Crippen LogP contribution in [-0.2, 0) is 4.79 Å². The van der Waals surface area contributed by atoms with Crippen LogP contribution in [0.25, 0.3) is 0 Å². The van der Waals surface area contributed by atoms with Crippen LogP contribution in [0, 0.1) is 11.8 Å². The molecule has 0 radical (unpaired) electrons. The highest BCUT2D eigenvalue weighted by Gasteiger charge is 2.24. The molecule has 3 aromatic carbocycles. The fourth-order valence-corrected chi connectivity index (χ4v) is 4.30. The molecule has 1 aliphatic rings. The second-order valence-corrected chi connectivity index (χ2v) is 9.36. The molecule has 0 heterocycles. The van der Waals surface area contributed by atoms with Gasteiger partial charge in [-0.15, -0.1) is 0 Å². The number of hydrogen-bond donors (Lipinski definition) is 5. The predicted octanol–water partition coefficient (Wildman–Crippen LogP) is 5.23. The number of carbonyl (C=O) groups is 1. The summed E-state index contributed by atoms with van der Waals surface area (Å²) in [5, 5.41) is 26.8. The van der Waals surface area contributed by atoms with Gasteiger partial charge < -0.3 is 36.7 Å². The summed E-state index contributed by atoms with van der Waals surface area (Å²) in [6, 6.07) is 18.6. The number of rotatable bonds is 8. The van der Waals surface area contributed by atoms with E-state index in [1.165, 1.54) is 0 Å². The van der Waals surface area contributed by atoms with E-state index in [0.29, 0.717) is 45.7 Å². The second-order valence-electron chi connectivity index (χ2n) is 9.36. The Kier molecular flexibility index (Phi) is 8.32. The fraction of sp³-hybridized carbons (Fsp3) is 0.250. The quantitative estimate of drug-likeness (QED) is 0.118. The average Bonchev–Trinajstić information content (AvgIpc) is 2.93. The van der Waals surface area contributed by atoms with Crippen molar-refractivity contribution in [3.63, 3.8) is 0 Å². The zero-order chi connectivity index (χ0) is 27.1. The number of carbonyl (C=O) groups excluding carboxylic acids is 1. The highest BCUT2D eigenvalue weighted by Crippen LogP contribution is 2.34. The minimum atomic E-state index is -0.0301. The normalized spacial score (nSPS) is 18.0. The lowest BCUT2D eigenvalue weighted by Gasteiger charge is -2.25. The van der Waals surface area contributed by atoms with Crippen molar-refractivity contribution in [2.45, 2.75) is 32.6 Å². The number of nitrogens with zero attached hydrogens (tertiary/aromatic N) is 2. The summed E-state index contributed by atoms with van der Waals surface area (Å²) in [6.45, 7) is 2.22. The van der Waals surface area contributed by atoms with Crippen LogP contribution in [0.1, 0.15) is 43.7 Å². The molecule has 0 saturated heterocycles. The van der Waals surface area contributed by atoms with Crippen molar-refractivity contribution in [3.05, 3.63) is 77.9 Å². The van der Waals surface area contributed by atoms with Crippen molar-refractivity contribution in [1.29, 1.82) is 0 Å². The maximum absolute atomic E-state index is 13.0. The van der Waals surface area contributed by atoms with E-state index in [1.54, 1.807) is 66.7 Å². The molecule has 1 aliphatic carbocycles. The Bertz CT molecular complexity index is 1230. The van der Waals surface area contributed by atoms with Gasteiger partial charge in [-0.25, -0.2) is 0 Å². The third kappa shape index (κ3) is 6.73. The van der Waals surface area contributed by atoms with Crippen LogP contribution < -0.4 is 26.3 Å². The Balaban J connectivity index is 1.57. The highest BCUT2D eigenvalue weighted by atomic mass is 16.5. The number of hydrogen-bond acceptors (Lipinski definition) is 7. The van der Waals surface area contributed by atoms with Gasteiger partial charge in [0.2, 0.25) is 5.91 Å². The summed E-state index contributed by atoms with van der Waals surface area (Å²) in [6.07, 6.45) is 3.81. The van der Waals surface area contributed by atoms with Crippen LogP contribution in [0.2, 0.25) is 0 Å². The second kappa shape index (κ2) is 12.0. The third-order valence-corrected chi connectivity index (χ3v) is 6.52. The van der Waals surface area contributed by atoms with E-state index in [0.717, 1.165) is 25.7 Å². The summed E-state index contributed by atoms with van der Waals surface area (Å²) >= 11 is 0. The smallest absolute Gasteiger partial charge is 0.227 e. The maximum atomic E-state index is 13.0. The fourth-order valence-electron chi connectivity index (χ4n) is 4.30. The summed E-state index contributed by atoms with van der Waals surface area (Å²) in [5.74, 6) is 2.49. The van der Waals surface area contributed by atoms with Crippen molar-refractivity contribution < 1.29 is 24.7 Å². The van der Waals surface area contributed by atoms with Gasteiger partial charge in [-0.3, -0.25) is 4.79 Å². The van der Waals surface area contributed by atoms with E-state index < -0.39 is 0 Å². The summed E-state index contributed by atoms with van der Waals surface area (Å²) < 4.78 is 12.1. The van der Waals surface area contributed by atoms with Crippen LogP contribution in [-0.4, -0.2) is 28.0 Å². The molecule has 1 amide bonds. The molecule has 0 spiro atoms. The van der Waals surface area contributed by atoms with E-state index in [2.05, 4.69) is 22.6 Å². The molecule has 1 fully saturated rings. The van der Waals surface area contributed by atoms with Gasteiger partial charge in [0.1, 0.15) is 23.0 Å². The molecule has 0 bridgehead atoms. The minimum absolute atomic E-state index is 0.00733. The van der Waals surface area contributed by atoms with E-state index in [4.69, 9.17) is 31.4 Å².